The number of hydrogen-bond donors (Lipinski definition) is 3. The summed E-state index contributed by atoms with van der Waals surface area (Å²) >= 11 is 0. The molecule has 1 aromatic heterocycles. The van der Waals surface area contributed by atoms with Crippen molar-refractivity contribution in [2.45, 2.75) is 37.6 Å². The number of fused-ring (bicyclic) bond motifs is 1. The molecule has 5 rings (SSSR count). The average Bonchev–Trinajstić information content (AvgIpc) is 3.48. The maximum absolute atomic E-state index is 12.8. The number of amides is 1. The van der Waals surface area contributed by atoms with E-state index < -0.39 is 0 Å². The Morgan fingerprint density at radius 1 is 0.967 bits per heavy atom. The summed E-state index contributed by atoms with van der Waals surface area (Å²) in [6.07, 6.45) is 4.27. The van der Waals surface area contributed by atoms with Gasteiger partial charge in [-0.1, -0.05) is 36.4 Å². The predicted molar refractivity (Wildman–Crippen MR) is 123 cm³/mol. The number of carbonyl (C=O) groups is 1. The Hall–Kier alpha value is -3.05. The normalized spacial score (nSPS) is 15.2. The second kappa shape index (κ2) is 8.36. The van der Waals surface area contributed by atoms with Gasteiger partial charge in [-0.2, -0.15) is 0 Å². The van der Waals surface area contributed by atoms with Gasteiger partial charge in [0.25, 0.3) is 5.91 Å². The minimum absolute atomic E-state index is 0. The number of nitrogens with zero attached hydrogens (tertiary/aromatic N) is 1. The molecule has 1 saturated carbocycles. The van der Waals surface area contributed by atoms with Gasteiger partial charge in [0.15, 0.2) is 0 Å². The molecule has 4 N–H and O–H groups in total. The monoisotopic (exact) mass is 420 g/mol. The van der Waals surface area contributed by atoms with Crippen LogP contribution in [0.2, 0.25) is 0 Å². The van der Waals surface area contributed by atoms with Gasteiger partial charge in [-0.3, -0.25) is 4.79 Å². The van der Waals surface area contributed by atoms with Crippen LogP contribution in [0.3, 0.4) is 0 Å². The van der Waals surface area contributed by atoms with Gasteiger partial charge < -0.3 is 16.4 Å². The van der Waals surface area contributed by atoms with E-state index in [2.05, 4.69) is 39.9 Å². The first-order chi connectivity index (χ1) is 14.1. The van der Waals surface area contributed by atoms with Crippen molar-refractivity contribution in [3.8, 4) is 0 Å². The number of rotatable bonds is 5. The lowest BCUT2D eigenvalue weighted by atomic mass is 10.1. The maximum Gasteiger partial charge on any atom is 0.270 e. The number of carbonyl (C=O) groups excluding carboxylic acids is 1. The van der Waals surface area contributed by atoms with Gasteiger partial charge in [0.1, 0.15) is 11.5 Å². The SMILES string of the molecule is Cl.Nc1cc(Nc2ccc(C3CC3)cc2)nc(C(=O)NC2Cc3ccccc3C2)c1. The van der Waals surface area contributed by atoms with Crippen molar-refractivity contribution < 1.29 is 4.79 Å². The maximum atomic E-state index is 12.8. The van der Waals surface area contributed by atoms with Crippen LogP contribution < -0.4 is 16.4 Å². The molecule has 2 aliphatic rings. The van der Waals surface area contributed by atoms with Crippen molar-refractivity contribution in [2.24, 2.45) is 0 Å². The molecule has 0 bridgehead atoms. The average molecular weight is 421 g/mol. The minimum Gasteiger partial charge on any atom is -0.399 e. The topological polar surface area (TPSA) is 80.0 Å². The van der Waals surface area contributed by atoms with Gasteiger partial charge in [-0.15, -0.1) is 12.4 Å². The van der Waals surface area contributed by atoms with Crippen molar-refractivity contribution in [3.63, 3.8) is 0 Å². The summed E-state index contributed by atoms with van der Waals surface area (Å²) in [5.41, 5.74) is 11.8. The van der Waals surface area contributed by atoms with Crippen LogP contribution in [0.5, 0.6) is 0 Å². The fourth-order valence-electron chi connectivity index (χ4n) is 4.06. The molecule has 6 heteroatoms. The van der Waals surface area contributed by atoms with Crippen LogP contribution in [-0.4, -0.2) is 16.9 Å². The highest BCUT2D eigenvalue weighted by Crippen LogP contribution is 2.40. The lowest BCUT2D eigenvalue weighted by Crippen LogP contribution is -2.35. The minimum atomic E-state index is -0.192. The first kappa shape index (κ1) is 20.2. The molecule has 0 spiro atoms. The molecule has 5 nitrogen and oxygen atoms in total. The molecule has 30 heavy (non-hydrogen) atoms. The third-order valence-corrected chi connectivity index (χ3v) is 5.70. The van der Waals surface area contributed by atoms with Crippen molar-refractivity contribution in [2.75, 3.05) is 11.1 Å². The Labute approximate surface area is 182 Å². The number of aromatic nitrogens is 1. The van der Waals surface area contributed by atoms with Gasteiger partial charge in [-0.25, -0.2) is 4.98 Å². The van der Waals surface area contributed by atoms with E-state index >= 15 is 0 Å². The molecule has 1 amide bonds. The molecular formula is C24H25ClN4O. The predicted octanol–water partition coefficient (Wildman–Crippen LogP) is 4.60. The molecule has 3 aromatic rings. The van der Waals surface area contributed by atoms with Crippen LogP contribution >= 0.6 is 12.4 Å². The lowest BCUT2D eigenvalue weighted by Gasteiger charge is -2.13. The van der Waals surface area contributed by atoms with E-state index in [1.807, 2.05) is 24.3 Å². The highest BCUT2D eigenvalue weighted by molar-refractivity contribution is 5.94. The van der Waals surface area contributed by atoms with Gasteiger partial charge in [0, 0.05) is 23.5 Å². The van der Waals surface area contributed by atoms with E-state index in [1.165, 1.54) is 29.5 Å². The van der Waals surface area contributed by atoms with Crippen LogP contribution in [0.4, 0.5) is 17.2 Å². The van der Waals surface area contributed by atoms with Gasteiger partial charge >= 0.3 is 0 Å². The van der Waals surface area contributed by atoms with Crippen molar-refractivity contribution in [1.82, 2.24) is 10.3 Å². The largest absolute Gasteiger partial charge is 0.399 e. The highest BCUT2D eigenvalue weighted by atomic mass is 35.5. The Morgan fingerprint density at radius 3 is 2.27 bits per heavy atom. The lowest BCUT2D eigenvalue weighted by molar-refractivity contribution is 0.0933. The zero-order valence-corrected chi connectivity index (χ0v) is 17.4. The second-order valence-electron chi connectivity index (χ2n) is 8.04. The number of anilines is 3. The molecule has 0 unspecified atom stereocenters. The van der Waals surface area contributed by atoms with Crippen LogP contribution in [-0.2, 0) is 12.8 Å². The van der Waals surface area contributed by atoms with Crippen LogP contribution in [0, 0.1) is 0 Å². The van der Waals surface area contributed by atoms with Gasteiger partial charge in [0.2, 0.25) is 0 Å². The van der Waals surface area contributed by atoms with Gasteiger partial charge in [-0.05, 0) is 66.5 Å². The summed E-state index contributed by atoms with van der Waals surface area (Å²) in [6, 6.07) is 20.2. The summed E-state index contributed by atoms with van der Waals surface area (Å²) in [4.78, 5) is 17.3. The molecule has 0 radical (unpaired) electrons. The summed E-state index contributed by atoms with van der Waals surface area (Å²) < 4.78 is 0. The fourth-order valence-corrected chi connectivity index (χ4v) is 4.06. The smallest absolute Gasteiger partial charge is 0.270 e. The third kappa shape index (κ3) is 4.41. The number of benzene rings is 2. The van der Waals surface area contributed by atoms with Crippen LogP contribution in [0.15, 0.2) is 60.7 Å². The summed E-state index contributed by atoms with van der Waals surface area (Å²) in [6.45, 7) is 0. The van der Waals surface area contributed by atoms with E-state index in [-0.39, 0.29) is 24.4 Å². The summed E-state index contributed by atoms with van der Waals surface area (Å²) in [5, 5.41) is 6.37. The third-order valence-electron chi connectivity index (χ3n) is 5.70. The quantitative estimate of drug-likeness (QED) is 0.563. The number of hydrogen-bond acceptors (Lipinski definition) is 4. The molecule has 154 valence electrons. The molecular weight excluding hydrogens is 396 g/mol. The Balaban J connectivity index is 0.00000218. The number of nitrogens with one attached hydrogen (secondary N) is 2. The molecule has 2 aliphatic carbocycles. The molecule has 1 heterocycles. The van der Waals surface area contributed by atoms with Crippen molar-refractivity contribution in [1.29, 1.82) is 0 Å². The van der Waals surface area contributed by atoms with Crippen LogP contribution in [0.1, 0.15) is 45.9 Å². The Bertz CT molecular complexity index is 1040. The fraction of sp³-hybridized carbons (Fsp3) is 0.250. The van der Waals surface area contributed by atoms with Crippen molar-refractivity contribution >= 4 is 35.5 Å². The zero-order chi connectivity index (χ0) is 19.8. The number of pyridine rings is 1. The number of halogens is 1. The van der Waals surface area contributed by atoms with Gasteiger partial charge in [0.05, 0.1) is 0 Å². The molecule has 1 fully saturated rings. The zero-order valence-electron chi connectivity index (χ0n) is 16.6. The van der Waals surface area contributed by atoms with Crippen LogP contribution in [0.25, 0.3) is 0 Å². The molecule has 0 saturated heterocycles. The number of nitrogen functional groups attached to an aromatic ring is 1. The summed E-state index contributed by atoms with van der Waals surface area (Å²) in [5.74, 6) is 1.11. The number of nitrogens with two attached hydrogens (primary N) is 1. The Kier molecular flexibility index (Phi) is 5.64. The van der Waals surface area contributed by atoms with E-state index in [9.17, 15) is 4.79 Å². The Morgan fingerprint density at radius 2 is 1.63 bits per heavy atom. The van der Waals surface area contributed by atoms with E-state index in [4.69, 9.17) is 5.73 Å². The molecule has 0 atom stereocenters. The van der Waals surface area contributed by atoms with E-state index in [0.29, 0.717) is 17.2 Å². The molecule has 2 aromatic carbocycles. The van der Waals surface area contributed by atoms with E-state index in [1.54, 1.807) is 12.1 Å². The molecule has 0 aliphatic heterocycles. The summed E-state index contributed by atoms with van der Waals surface area (Å²) in [7, 11) is 0. The second-order valence-corrected chi connectivity index (χ2v) is 8.04. The first-order valence-corrected chi connectivity index (χ1v) is 10.2. The first-order valence-electron chi connectivity index (χ1n) is 10.2. The van der Waals surface area contributed by atoms with E-state index in [0.717, 1.165) is 24.4 Å². The standard InChI is InChI=1S/C24H24N4O.ClH/c25-19-13-22(24(29)27-21-11-17-3-1-2-4-18(17)12-21)28-23(14-19)26-20-9-7-16(8-10-20)15-5-6-15;/h1-4,7-10,13-15,21H,5-6,11-12H2,(H,27,29)(H3,25,26,28);1H. The van der Waals surface area contributed by atoms with Crippen molar-refractivity contribution in [3.05, 3.63) is 83.0 Å². The highest BCUT2D eigenvalue weighted by Gasteiger charge is 2.24.